The third-order valence-corrected chi connectivity index (χ3v) is 10.3. The number of amides is 6. The summed E-state index contributed by atoms with van der Waals surface area (Å²) < 4.78 is 39.2. The minimum Gasteiger partial charge on any atom is -0.481 e. The highest BCUT2D eigenvalue weighted by Crippen LogP contribution is 2.28. The molecule has 20 heteroatoms. The van der Waals surface area contributed by atoms with Gasteiger partial charge in [0.25, 0.3) is 0 Å². The van der Waals surface area contributed by atoms with Crippen molar-refractivity contribution in [1.82, 2.24) is 31.9 Å². The van der Waals surface area contributed by atoms with Crippen LogP contribution in [-0.4, -0.2) is 106 Å². The molecule has 1 saturated carbocycles. The Morgan fingerprint density at radius 3 is 1.84 bits per heavy atom. The van der Waals surface area contributed by atoms with Crippen molar-refractivity contribution in [2.45, 2.75) is 155 Å². The average Bonchev–Trinajstić information content (AvgIpc) is 3.16. The van der Waals surface area contributed by atoms with E-state index in [0.717, 1.165) is 12.0 Å². The number of carboxylic acid groups (broad SMARTS) is 2. The maximum atomic E-state index is 14.4. The standard InChI is InChI=1S/C42H61F3N6O11/c1-23(2)18-28(36(58)46-27(22-52)21-42(43,44)45)49-40(62)35(41(4,5)6)51-38(60)29(19-26-15-11-10-12-24(26)3)48-39(61)34(25-13-8-7-9-14-25)50-37(59)30(20-33(56)57)47-31(53)16-17-32(54)55/h10-12,15,22-23,25,27-30,34-35H,7-9,13-14,16-21H2,1-6H3,(H,46,58)(H,47,53)(H,48,61)(H,49,62)(H,50,59)(H,51,60)(H,54,55)(H,56,57)/t27?,28-,29-,30-,34-,35+/m0/s1. The molecule has 1 aromatic carbocycles. The first-order valence-electron chi connectivity index (χ1n) is 20.6. The summed E-state index contributed by atoms with van der Waals surface area (Å²) in [4.78, 5) is 116. The topological polar surface area (TPSA) is 266 Å². The highest BCUT2D eigenvalue weighted by molar-refractivity contribution is 5.97. The zero-order valence-corrected chi connectivity index (χ0v) is 36.0. The lowest BCUT2D eigenvalue weighted by atomic mass is 9.83. The fraction of sp³-hybridized carbons (Fsp3) is 0.643. The molecule has 0 aliphatic heterocycles. The molecule has 1 unspecified atom stereocenters. The molecule has 0 radical (unpaired) electrons. The summed E-state index contributed by atoms with van der Waals surface area (Å²) in [5, 5.41) is 33.2. The monoisotopic (exact) mass is 882 g/mol. The van der Waals surface area contributed by atoms with Gasteiger partial charge in [0.2, 0.25) is 35.4 Å². The molecule has 2 rings (SSSR count). The molecule has 0 bridgehead atoms. The number of nitrogens with one attached hydrogen (secondary N) is 6. The third-order valence-electron chi connectivity index (χ3n) is 10.3. The van der Waals surface area contributed by atoms with Crippen LogP contribution in [0.1, 0.15) is 110 Å². The van der Waals surface area contributed by atoms with E-state index in [2.05, 4.69) is 26.6 Å². The van der Waals surface area contributed by atoms with Crippen molar-refractivity contribution < 1.29 is 66.5 Å². The van der Waals surface area contributed by atoms with E-state index in [0.29, 0.717) is 31.2 Å². The van der Waals surface area contributed by atoms with Crippen LogP contribution < -0.4 is 31.9 Å². The number of aldehydes is 1. The molecule has 0 heterocycles. The number of benzene rings is 1. The quantitative estimate of drug-likeness (QED) is 0.0741. The number of aryl methyl sites for hydroxylation is 1. The SMILES string of the molecule is Cc1ccccc1C[C@H](NC(=O)[C@@H](NC(=O)[C@H](CC(=O)O)NC(=O)CCC(=O)O)C1CCCCC1)C(=O)N[C@H](C(=O)N[C@@H](CC(C)C)C(=O)NC(C=O)CC(F)(F)F)C(C)(C)C. The van der Waals surface area contributed by atoms with Crippen LogP contribution in [0.15, 0.2) is 24.3 Å². The Morgan fingerprint density at radius 2 is 1.31 bits per heavy atom. The maximum Gasteiger partial charge on any atom is 0.391 e. The van der Waals surface area contributed by atoms with E-state index in [9.17, 15) is 61.4 Å². The second kappa shape index (κ2) is 24.2. The van der Waals surface area contributed by atoms with E-state index in [1.807, 2.05) is 5.32 Å². The van der Waals surface area contributed by atoms with E-state index in [1.54, 1.807) is 65.8 Å². The van der Waals surface area contributed by atoms with Gasteiger partial charge >= 0.3 is 18.1 Å². The summed E-state index contributed by atoms with van der Waals surface area (Å²) in [6, 6.07) is -2.15. The summed E-state index contributed by atoms with van der Waals surface area (Å²) in [5.74, 6) is -9.01. The summed E-state index contributed by atoms with van der Waals surface area (Å²) in [7, 11) is 0. The van der Waals surface area contributed by atoms with Gasteiger partial charge in [0, 0.05) is 12.8 Å². The normalized spacial score (nSPS) is 16.3. The fourth-order valence-corrected chi connectivity index (χ4v) is 7.06. The lowest BCUT2D eigenvalue weighted by Crippen LogP contribution is -2.63. The Morgan fingerprint density at radius 1 is 0.726 bits per heavy atom. The first-order chi connectivity index (χ1) is 28.8. The largest absolute Gasteiger partial charge is 0.481 e. The van der Waals surface area contributed by atoms with Crippen molar-refractivity contribution in [3.05, 3.63) is 35.4 Å². The lowest BCUT2D eigenvalue weighted by molar-refractivity contribution is -0.147. The summed E-state index contributed by atoms with van der Waals surface area (Å²) >= 11 is 0. The molecule has 0 aromatic heterocycles. The van der Waals surface area contributed by atoms with Gasteiger partial charge in [-0.2, -0.15) is 13.2 Å². The molecule has 6 atom stereocenters. The molecule has 0 spiro atoms. The van der Waals surface area contributed by atoms with Crippen molar-refractivity contribution >= 4 is 53.7 Å². The molecular formula is C42H61F3N6O11. The van der Waals surface area contributed by atoms with Gasteiger partial charge in [-0.3, -0.25) is 38.4 Å². The molecule has 346 valence electrons. The molecule has 1 fully saturated rings. The van der Waals surface area contributed by atoms with Crippen LogP contribution in [0.4, 0.5) is 13.2 Å². The van der Waals surface area contributed by atoms with Crippen molar-refractivity contribution in [3.63, 3.8) is 0 Å². The first kappa shape index (κ1) is 52.6. The van der Waals surface area contributed by atoms with Crippen LogP contribution in [0.3, 0.4) is 0 Å². The van der Waals surface area contributed by atoms with Crippen LogP contribution in [0.2, 0.25) is 0 Å². The molecule has 1 aliphatic rings. The van der Waals surface area contributed by atoms with Gasteiger partial charge in [0.15, 0.2) is 0 Å². The molecule has 62 heavy (non-hydrogen) atoms. The van der Waals surface area contributed by atoms with E-state index in [-0.39, 0.29) is 25.0 Å². The van der Waals surface area contributed by atoms with Crippen molar-refractivity contribution in [3.8, 4) is 0 Å². The zero-order valence-electron chi connectivity index (χ0n) is 36.0. The zero-order chi connectivity index (χ0) is 46.9. The van der Waals surface area contributed by atoms with E-state index in [4.69, 9.17) is 5.11 Å². The fourth-order valence-electron chi connectivity index (χ4n) is 7.06. The molecule has 1 aromatic rings. The first-order valence-corrected chi connectivity index (χ1v) is 20.6. The smallest absolute Gasteiger partial charge is 0.391 e. The molecular weight excluding hydrogens is 821 g/mol. The average molecular weight is 883 g/mol. The van der Waals surface area contributed by atoms with Crippen molar-refractivity contribution in [2.24, 2.45) is 17.3 Å². The Hall–Kier alpha value is -5.56. The van der Waals surface area contributed by atoms with Gasteiger partial charge in [0.1, 0.15) is 36.5 Å². The van der Waals surface area contributed by atoms with E-state index >= 15 is 0 Å². The second-order valence-electron chi connectivity index (χ2n) is 17.3. The van der Waals surface area contributed by atoms with E-state index in [1.165, 1.54) is 0 Å². The predicted molar refractivity (Wildman–Crippen MR) is 218 cm³/mol. The Balaban J connectivity index is 2.50. The number of hydrogen-bond acceptors (Lipinski definition) is 9. The number of alkyl halides is 3. The van der Waals surface area contributed by atoms with Gasteiger partial charge in [-0.1, -0.05) is 78.1 Å². The van der Waals surface area contributed by atoms with Crippen LogP contribution in [0.5, 0.6) is 0 Å². The highest BCUT2D eigenvalue weighted by Gasteiger charge is 2.40. The number of rotatable bonds is 23. The minimum absolute atomic E-state index is 0.0421. The van der Waals surface area contributed by atoms with E-state index < -0.39 is 127 Å². The number of halogens is 3. The van der Waals surface area contributed by atoms with Gasteiger partial charge in [-0.05, 0) is 54.6 Å². The molecule has 0 saturated heterocycles. The molecule has 1 aliphatic carbocycles. The minimum atomic E-state index is -4.77. The summed E-state index contributed by atoms with van der Waals surface area (Å²) in [6.07, 6.45) is -5.42. The Bertz CT molecular complexity index is 1760. The van der Waals surface area contributed by atoms with Gasteiger partial charge in [0.05, 0.1) is 25.3 Å². The Labute approximate surface area is 358 Å². The van der Waals surface area contributed by atoms with Crippen LogP contribution in [-0.2, 0) is 49.6 Å². The van der Waals surface area contributed by atoms with Gasteiger partial charge in [-0.15, -0.1) is 0 Å². The number of aliphatic carboxylic acids is 2. The van der Waals surface area contributed by atoms with Gasteiger partial charge < -0.3 is 46.9 Å². The van der Waals surface area contributed by atoms with Crippen LogP contribution in [0, 0.1) is 24.2 Å². The number of hydrogen-bond donors (Lipinski definition) is 8. The summed E-state index contributed by atoms with van der Waals surface area (Å²) in [5.41, 5.74) is 0.314. The lowest BCUT2D eigenvalue weighted by Gasteiger charge is -2.34. The highest BCUT2D eigenvalue weighted by atomic mass is 19.4. The third kappa shape index (κ3) is 18.6. The van der Waals surface area contributed by atoms with Crippen LogP contribution >= 0.6 is 0 Å². The molecule has 8 N–H and O–H groups in total. The summed E-state index contributed by atoms with van der Waals surface area (Å²) in [6.45, 7) is 10.0. The predicted octanol–water partition coefficient (Wildman–Crippen LogP) is 2.61. The van der Waals surface area contributed by atoms with Crippen molar-refractivity contribution in [1.29, 1.82) is 0 Å². The number of carboxylic acids is 2. The number of carbonyl (C=O) groups is 9. The second-order valence-corrected chi connectivity index (χ2v) is 17.3. The molecule has 17 nitrogen and oxygen atoms in total. The van der Waals surface area contributed by atoms with Crippen molar-refractivity contribution in [2.75, 3.05) is 0 Å². The number of carbonyl (C=O) groups excluding carboxylic acids is 7. The maximum absolute atomic E-state index is 14.4. The van der Waals surface area contributed by atoms with Gasteiger partial charge in [-0.25, -0.2) is 0 Å². The Kier molecular flexibility index (Phi) is 20.5. The van der Waals surface area contributed by atoms with Crippen LogP contribution in [0.25, 0.3) is 0 Å². The molecule has 6 amide bonds.